The van der Waals surface area contributed by atoms with Crippen molar-refractivity contribution in [1.29, 1.82) is 0 Å². The van der Waals surface area contributed by atoms with Crippen molar-refractivity contribution in [2.75, 3.05) is 0 Å². The number of hydrogen-bond acceptors (Lipinski definition) is 8. The normalized spacial score (nSPS) is 47.8. The van der Waals surface area contributed by atoms with Gasteiger partial charge in [0.1, 0.15) is 18.3 Å². The first-order chi connectivity index (χ1) is 18.3. The number of carbonyl (C=O) groups excluding carboxylic acids is 4. The van der Waals surface area contributed by atoms with E-state index < -0.39 is 35.3 Å². The highest BCUT2D eigenvalue weighted by molar-refractivity contribution is 5.98. The summed E-state index contributed by atoms with van der Waals surface area (Å²) in [5, 5.41) is 0. The number of fused-ring (bicyclic) bond motifs is 4. The monoisotopic (exact) mass is 540 g/mol. The maximum absolute atomic E-state index is 13.7. The first-order valence-electron chi connectivity index (χ1n) is 14.5. The molecule has 1 saturated heterocycles. The highest BCUT2D eigenvalue weighted by atomic mass is 16.7. The predicted octanol–water partition coefficient (Wildman–Crippen LogP) is 4.25. The lowest BCUT2D eigenvalue weighted by molar-refractivity contribution is -0.183. The van der Waals surface area contributed by atoms with E-state index in [0.717, 1.165) is 44.1 Å². The molecule has 0 bridgehead atoms. The fraction of sp³-hybridized carbons (Fsp3) is 0.742. The van der Waals surface area contributed by atoms with Gasteiger partial charge in [-0.05, 0) is 88.2 Å². The molecule has 0 aromatic carbocycles. The predicted molar refractivity (Wildman–Crippen MR) is 139 cm³/mol. The summed E-state index contributed by atoms with van der Waals surface area (Å²) in [5.41, 5.74) is -0.123. The van der Waals surface area contributed by atoms with Crippen molar-refractivity contribution in [3.05, 3.63) is 23.3 Å². The molecule has 4 aliphatic carbocycles. The molecule has 0 amide bonds. The van der Waals surface area contributed by atoms with Gasteiger partial charge in [-0.2, -0.15) is 0 Å². The highest BCUT2D eigenvalue weighted by Gasteiger charge is 2.84. The minimum atomic E-state index is -1.02. The van der Waals surface area contributed by atoms with Crippen LogP contribution in [0.5, 0.6) is 0 Å². The van der Waals surface area contributed by atoms with Crippen LogP contribution in [0, 0.1) is 34.5 Å². The topological polar surface area (TPSA) is 109 Å². The first kappa shape index (κ1) is 26.7. The molecule has 2 aliphatic heterocycles. The fourth-order valence-electron chi connectivity index (χ4n) is 9.65. The van der Waals surface area contributed by atoms with E-state index in [9.17, 15) is 19.2 Å². The Hall–Kier alpha value is -2.48. The van der Waals surface area contributed by atoms with E-state index in [1.54, 1.807) is 12.2 Å². The Morgan fingerprint density at radius 1 is 1.03 bits per heavy atom. The molecule has 39 heavy (non-hydrogen) atoms. The van der Waals surface area contributed by atoms with E-state index in [0.29, 0.717) is 11.5 Å². The average molecular weight is 541 g/mol. The van der Waals surface area contributed by atoms with Crippen LogP contribution in [-0.2, 0) is 38.1 Å². The molecule has 6 aliphatic rings. The lowest BCUT2D eigenvalue weighted by Gasteiger charge is -2.59. The minimum Gasteiger partial charge on any atom is -0.459 e. The van der Waals surface area contributed by atoms with Gasteiger partial charge in [-0.25, -0.2) is 4.79 Å². The molecular weight excluding hydrogens is 500 g/mol. The van der Waals surface area contributed by atoms with Crippen LogP contribution in [0.1, 0.15) is 80.1 Å². The zero-order valence-electron chi connectivity index (χ0n) is 23.8. The number of hydrogen-bond donors (Lipinski definition) is 0. The quantitative estimate of drug-likeness (QED) is 0.296. The van der Waals surface area contributed by atoms with Gasteiger partial charge in [-0.1, -0.05) is 12.5 Å². The van der Waals surface area contributed by atoms with Crippen molar-refractivity contribution in [2.45, 2.75) is 110 Å². The summed E-state index contributed by atoms with van der Waals surface area (Å²) in [6, 6.07) is 0. The molecule has 0 aromatic heterocycles. The fourth-order valence-corrected chi connectivity index (χ4v) is 9.65. The van der Waals surface area contributed by atoms with Crippen molar-refractivity contribution in [2.24, 2.45) is 34.5 Å². The van der Waals surface area contributed by atoms with Crippen molar-refractivity contribution < 1.29 is 38.1 Å². The van der Waals surface area contributed by atoms with Gasteiger partial charge < -0.3 is 18.9 Å². The van der Waals surface area contributed by atoms with E-state index in [-0.39, 0.29) is 47.0 Å². The lowest BCUT2D eigenvalue weighted by Crippen LogP contribution is -2.68. The molecule has 0 radical (unpaired) electrons. The molecule has 0 N–H and O–H groups in total. The molecule has 0 aromatic rings. The van der Waals surface area contributed by atoms with Crippen molar-refractivity contribution >= 4 is 23.7 Å². The molecule has 8 heteroatoms. The number of esters is 3. The van der Waals surface area contributed by atoms with Gasteiger partial charge >= 0.3 is 17.9 Å². The third kappa shape index (κ3) is 3.58. The number of carbonyl (C=O) groups is 4. The molecule has 1 spiro atoms. The molecule has 4 fully saturated rings. The molecule has 6 rings (SSSR count). The number of rotatable bonds is 4. The molecule has 8 nitrogen and oxygen atoms in total. The van der Waals surface area contributed by atoms with Gasteiger partial charge in [0.05, 0.1) is 5.41 Å². The number of ether oxygens (including phenoxy) is 4. The van der Waals surface area contributed by atoms with Crippen LogP contribution in [0.3, 0.4) is 0 Å². The van der Waals surface area contributed by atoms with E-state index in [1.165, 1.54) is 13.8 Å². The number of allylic oxidation sites excluding steroid dienone is 1. The Kier molecular flexibility index (Phi) is 6.00. The Bertz CT molecular complexity index is 1200. The smallest absolute Gasteiger partial charge is 0.333 e. The number of ketones is 1. The Labute approximate surface area is 229 Å². The van der Waals surface area contributed by atoms with Crippen molar-refractivity contribution in [3.63, 3.8) is 0 Å². The summed E-state index contributed by atoms with van der Waals surface area (Å²) < 4.78 is 24.0. The zero-order valence-corrected chi connectivity index (χ0v) is 23.8. The van der Waals surface area contributed by atoms with Crippen molar-refractivity contribution in [3.8, 4) is 0 Å². The third-order valence-electron chi connectivity index (χ3n) is 11.7. The van der Waals surface area contributed by atoms with Crippen LogP contribution >= 0.6 is 0 Å². The summed E-state index contributed by atoms with van der Waals surface area (Å²) in [4.78, 5) is 50.5. The lowest BCUT2D eigenvalue weighted by atomic mass is 9.44. The standard InChI is InChI=1S/C31H40O8/c1-15-13-20(38-28(35)16(15)2)14-19-7-8-21-25-22(11-12-29(19,21)5)30(6)23(34)9-10-24(36-17(3)32)31(30)27(39-31)26(25)37-18(4)33/h9-10,19-22,24-27H,7-8,11-14H2,1-6H3/t19?,20-,21?,22?,24+,25+,26-,27-,29-,30+,31-/m1/s1. The van der Waals surface area contributed by atoms with Crippen LogP contribution in [0.25, 0.3) is 0 Å². The van der Waals surface area contributed by atoms with Gasteiger partial charge in [0.15, 0.2) is 17.5 Å². The van der Waals surface area contributed by atoms with Crippen LogP contribution in [0.4, 0.5) is 0 Å². The number of epoxide rings is 1. The van der Waals surface area contributed by atoms with Gasteiger partial charge in [0.2, 0.25) is 0 Å². The molecule has 3 unspecified atom stereocenters. The average Bonchev–Trinajstić information content (AvgIpc) is 3.53. The molecular formula is C31H40O8. The van der Waals surface area contributed by atoms with E-state index in [2.05, 4.69) is 6.92 Å². The van der Waals surface area contributed by atoms with Gasteiger partial charge in [-0.15, -0.1) is 0 Å². The summed E-state index contributed by atoms with van der Waals surface area (Å²) in [5.74, 6) is -0.556. The SMILES string of the molecule is CC(=O)O[C@@H]1[C@H]2C3CCC(C[C@H]4CC(C)=C(C)C(=O)O4)[C@@]3(C)CCC2[C@@]2(C)C(=O)C=C[C@H](OC(C)=O)[C@]23O[C@H]13. The summed E-state index contributed by atoms with van der Waals surface area (Å²) >= 11 is 0. The first-order valence-corrected chi connectivity index (χ1v) is 14.5. The second-order valence-electron chi connectivity index (χ2n) is 13.3. The maximum Gasteiger partial charge on any atom is 0.333 e. The van der Waals surface area contributed by atoms with Gasteiger partial charge in [-0.3, -0.25) is 14.4 Å². The molecule has 11 atom stereocenters. The van der Waals surface area contributed by atoms with Crippen LogP contribution in [0.2, 0.25) is 0 Å². The maximum atomic E-state index is 13.7. The van der Waals surface area contributed by atoms with Gasteiger partial charge in [0, 0.05) is 31.8 Å². The number of cyclic esters (lactones) is 1. The largest absolute Gasteiger partial charge is 0.459 e. The second kappa shape index (κ2) is 8.76. The Morgan fingerprint density at radius 2 is 1.74 bits per heavy atom. The highest BCUT2D eigenvalue weighted by Crippen LogP contribution is 2.73. The molecule has 2 heterocycles. The van der Waals surface area contributed by atoms with Gasteiger partial charge in [0.25, 0.3) is 0 Å². The van der Waals surface area contributed by atoms with E-state index in [1.807, 2.05) is 20.8 Å². The van der Waals surface area contributed by atoms with Crippen LogP contribution < -0.4 is 0 Å². The zero-order chi connectivity index (χ0) is 28.1. The Morgan fingerprint density at radius 3 is 2.41 bits per heavy atom. The van der Waals surface area contributed by atoms with Crippen LogP contribution in [0.15, 0.2) is 23.3 Å². The minimum absolute atomic E-state index is 0.00502. The summed E-state index contributed by atoms with van der Waals surface area (Å²) in [6.45, 7) is 10.9. The van der Waals surface area contributed by atoms with Crippen LogP contribution in [-0.4, -0.2) is 53.7 Å². The second-order valence-corrected chi connectivity index (χ2v) is 13.3. The van der Waals surface area contributed by atoms with E-state index >= 15 is 0 Å². The van der Waals surface area contributed by atoms with Crippen molar-refractivity contribution in [1.82, 2.24) is 0 Å². The summed E-state index contributed by atoms with van der Waals surface area (Å²) in [6.07, 6.45) is 6.61. The molecule has 3 saturated carbocycles. The molecule has 212 valence electrons. The Balaban J connectivity index is 1.34. The summed E-state index contributed by atoms with van der Waals surface area (Å²) in [7, 11) is 0. The van der Waals surface area contributed by atoms with E-state index in [4.69, 9.17) is 18.9 Å². The third-order valence-corrected chi connectivity index (χ3v) is 11.7.